The molecule has 0 atom stereocenters. The number of benzene rings is 1. The fourth-order valence-electron chi connectivity index (χ4n) is 2.79. The van der Waals surface area contributed by atoms with Gasteiger partial charge in [-0.05, 0) is 24.1 Å². The molecule has 6 nitrogen and oxygen atoms in total. The number of nitrogens with zero attached hydrogens (tertiary/aromatic N) is 2. The molecule has 1 saturated heterocycles. The van der Waals surface area contributed by atoms with E-state index in [1.165, 1.54) is 0 Å². The van der Waals surface area contributed by atoms with E-state index in [4.69, 9.17) is 4.42 Å². The predicted octanol–water partition coefficient (Wildman–Crippen LogP) is 1.30. The van der Waals surface area contributed by atoms with Gasteiger partial charge < -0.3 is 14.6 Å². The van der Waals surface area contributed by atoms with Crippen LogP contribution >= 0.6 is 0 Å². The highest BCUT2D eigenvalue weighted by Crippen LogP contribution is 2.17. The van der Waals surface area contributed by atoms with Crippen molar-refractivity contribution in [2.24, 2.45) is 5.92 Å². The van der Waals surface area contributed by atoms with E-state index in [2.05, 4.69) is 5.32 Å². The molecule has 0 radical (unpaired) electrons. The molecule has 118 valence electrons. The summed E-state index contributed by atoms with van der Waals surface area (Å²) in [5.74, 6) is -0.0289. The van der Waals surface area contributed by atoms with Crippen LogP contribution in [0, 0.1) is 5.92 Å². The Morgan fingerprint density at radius 3 is 2.73 bits per heavy atom. The average Bonchev–Trinajstić information content (AvgIpc) is 2.82. The summed E-state index contributed by atoms with van der Waals surface area (Å²) in [6.45, 7) is 7.74. The molecule has 1 aliphatic heterocycles. The monoisotopic (exact) mass is 303 g/mol. The van der Waals surface area contributed by atoms with Gasteiger partial charge in [-0.25, -0.2) is 4.79 Å². The smallest absolute Gasteiger partial charge is 0.408 e. The number of amides is 1. The molecule has 22 heavy (non-hydrogen) atoms. The highest BCUT2D eigenvalue weighted by molar-refractivity contribution is 5.97. The molecule has 1 fully saturated rings. The molecule has 6 heteroatoms. The SMILES string of the molecule is CC(C)Cn1c(=O)oc2cc(C(=O)N3CCNCC3)ccc21. The summed E-state index contributed by atoms with van der Waals surface area (Å²) in [4.78, 5) is 26.3. The van der Waals surface area contributed by atoms with E-state index < -0.39 is 0 Å². The first kappa shape index (κ1) is 14.8. The first-order valence-electron chi connectivity index (χ1n) is 7.69. The Kier molecular flexibility index (Phi) is 4.02. The third kappa shape index (κ3) is 2.78. The Morgan fingerprint density at radius 1 is 1.32 bits per heavy atom. The molecule has 2 heterocycles. The summed E-state index contributed by atoms with van der Waals surface area (Å²) in [5.41, 5.74) is 1.79. The number of carbonyl (C=O) groups is 1. The van der Waals surface area contributed by atoms with Crippen molar-refractivity contribution in [2.45, 2.75) is 20.4 Å². The van der Waals surface area contributed by atoms with Gasteiger partial charge in [0, 0.05) is 38.3 Å². The second-order valence-corrected chi connectivity index (χ2v) is 6.10. The Balaban J connectivity index is 1.93. The van der Waals surface area contributed by atoms with Crippen molar-refractivity contribution in [2.75, 3.05) is 26.2 Å². The highest BCUT2D eigenvalue weighted by atomic mass is 16.4. The van der Waals surface area contributed by atoms with Crippen LogP contribution in [0.3, 0.4) is 0 Å². The van der Waals surface area contributed by atoms with Crippen LogP contribution in [-0.2, 0) is 6.54 Å². The summed E-state index contributed by atoms with van der Waals surface area (Å²) in [6.07, 6.45) is 0. The molecular formula is C16H21N3O3. The van der Waals surface area contributed by atoms with Crippen LogP contribution in [-0.4, -0.2) is 41.6 Å². The van der Waals surface area contributed by atoms with Crippen LogP contribution in [0.15, 0.2) is 27.4 Å². The van der Waals surface area contributed by atoms with Gasteiger partial charge in [-0.3, -0.25) is 9.36 Å². The number of hydrogen-bond donors (Lipinski definition) is 1. The molecule has 1 N–H and O–H groups in total. The zero-order valence-corrected chi connectivity index (χ0v) is 13.0. The van der Waals surface area contributed by atoms with Gasteiger partial charge in [0.15, 0.2) is 5.58 Å². The molecule has 1 aliphatic rings. The topological polar surface area (TPSA) is 67.5 Å². The van der Waals surface area contributed by atoms with Gasteiger partial charge >= 0.3 is 5.76 Å². The second-order valence-electron chi connectivity index (χ2n) is 6.10. The zero-order valence-electron chi connectivity index (χ0n) is 13.0. The van der Waals surface area contributed by atoms with Gasteiger partial charge in [0.1, 0.15) is 0 Å². The minimum Gasteiger partial charge on any atom is -0.408 e. The Bertz CT molecular complexity index is 739. The third-order valence-corrected chi connectivity index (χ3v) is 3.87. The molecule has 2 aromatic rings. The number of rotatable bonds is 3. The third-order valence-electron chi connectivity index (χ3n) is 3.87. The van der Waals surface area contributed by atoms with Crippen molar-refractivity contribution in [3.63, 3.8) is 0 Å². The zero-order chi connectivity index (χ0) is 15.7. The van der Waals surface area contributed by atoms with Gasteiger partial charge in [0.05, 0.1) is 5.52 Å². The van der Waals surface area contributed by atoms with Crippen molar-refractivity contribution in [1.82, 2.24) is 14.8 Å². The van der Waals surface area contributed by atoms with Gasteiger partial charge in [-0.15, -0.1) is 0 Å². The van der Waals surface area contributed by atoms with E-state index in [0.717, 1.165) is 18.6 Å². The maximum atomic E-state index is 12.5. The van der Waals surface area contributed by atoms with Crippen molar-refractivity contribution in [3.05, 3.63) is 34.3 Å². The first-order chi connectivity index (χ1) is 10.6. The van der Waals surface area contributed by atoms with Crippen molar-refractivity contribution < 1.29 is 9.21 Å². The molecule has 0 bridgehead atoms. The molecule has 3 rings (SSSR count). The number of hydrogen-bond acceptors (Lipinski definition) is 4. The summed E-state index contributed by atoms with van der Waals surface area (Å²) in [6, 6.07) is 5.26. The van der Waals surface area contributed by atoms with Crippen LogP contribution in [0.25, 0.3) is 11.1 Å². The fourth-order valence-corrected chi connectivity index (χ4v) is 2.79. The van der Waals surface area contributed by atoms with Crippen LogP contribution in [0.5, 0.6) is 0 Å². The number of piperazine rings is 1. The molecule has 1 aromatic heterocycles. The number of fused-ring (bicyclic) bond motifs is 1. The van der Waals surface area contributed by atoms with E-state index in [9.17, 15) is 9.59 Å². The van der Waals surface area contributed by atoms with Crippen LogP contribution < -0.4 is 11.1 Å². The average molecular weight is 303 g/mol. The van der Waals surface area contributed by atoms with Crippen LogP contribution in [0.4, 0.5) is 0 Å². The fraction of sp³-hybridized carbons (Fsp3) is 0.500. The Hall–Kier alpha value is -2.08. The Labute approximate surface area is 128 Å². The summed E-state index contributed by atoms with van der Waals surface area (Å²) >= 11 is 0. The number of aromatic nitrogens is 1. The lowest BCUT2D eigenvalue weighted by atomic mass is 10.1. The molecule has 0 saturated carbocycles. The molecule has 0 unspecified atom stereocenters. The molecule has 1 amide bonds. The lowest BCUT2D eigenvalue weighted by molar-refractivity contribution is 0.0736. The van der Waals surface area contributed by atoms with Crippen LogP contribution in [0.2, 0.25) is 0 Å². The van der Waals surface area contributed by atoms with Crippen molar-refractivity contribution in [1.29, 1.82) is 0 Å². The van der Waals surface area contributed by atoms with E-state index in [0.29, 0.717) is 36.7 Å². The predicted molar refractivity (Wildman–Crippen MR) is 84.1 cm³/mol. The van der Waals surface area contributed by atoms with Gasteiger partial charge in [-0.1, -0.05) is 13.8 Å². The van der Waals surface area contributed by atoms with E-state index in [-0.39, 0.29) is 11.7 Å². The Morgan fingerprint density at radius 2 is 2.05 bits per heavy atom. The summed E-state index contributed by atoms with van der Waals surface area (Å²) in [7, 11) is 0. The van der Waals surface area contributed by atoms with E-state index in [1.54, 1.807) is 22.8 Å². The summed E-state index contributed by atoms with van der Waals surface area (Å²) < 4.78 is 6.93. The maximum absolute atomic E-state index is 12.5. The quantitative estimate of drug-likeness (QED) is 0.928. The lowest BCUT2D eigenvalue weighted by Gasteiger charge is -2.27. The number of nitrogens with one attached hydrogen (secondary N) is 1. The molecule has 0 spiro atoms. The highest BCUT2D eigenvalue weighted by Gasteiger charge is 2.19. The van der Waals surface area contributed by atoms with E-state index in [1.807, 2.05) is 18.7 Å². The second kappa shape index (κ2) is 5.96. The van der Waals surface area contributed by atoms with Crippen molar-refractivity contribution in [3.8, 4) is 0 Å². The minimum absolute atomic E-state index is 0.0114. The standard InChI is InChI=1S/C16H21N3O3/c1-11(2)10-19-13-4-3-12(9-14(13)22-16(19)21)15(20)18-7-5-17-6-8-18/h3-4,9,11,17H,5-8,10H2,1-2H3. The van der Waals surface area contributed by atoms with Crippen LogP contribution in [0.1, 0.15) is 24.2 Å². The number of oxazole rings is 1. The van der Waals surface area contributed by atoms with Gasteiger partial charge in [-0.2, -0.15) is 0 Å². The normalized spacial score (nSPS) is 15.7. The molecule has 1 aromatic carbocycles. The molecule has 0 aliphatic carbocycles. The van der Waals surface area contributed by atoms with Gasteiger partial charge in [0.25, 0.3) is 5.91 Å². The lowest BCUT2D eigenvalue weighted by Crippen LogP contribution is -2.46. The number of carbonyl (C=O) groups excluding carboxylic acids is 1. The van der Waals surface area contributed by atoms with E-state index >= 15 is 0 Å². The largest absolute Gasteiger partial charge is 0.419 e. The van der Waals surface area contributed by atoms with Gasteiger partial charge in [0.2, 0.25) is 0 Å². The molecular weight excluding hydrogens is 282 g/mol. The van der Waals surface area contributed by atoms with Crippen molar-refractivity contribution >= 4 is 17.0 Å². The maximum Gasteiger partial charge on any atom is 0.419 e. The minimum atomic E-state index is -0.365. The first-order valence-corrected chi connectivity index (χ1v) is 7.69. The summed E-state index contributed by atoms with van der Waals surface area (Å²) in [5, 5.41) is 3.22.